The van der Waals surface area contributed by atoms with Gasteiger partial charge in [0, 0.05) is 5.69 Å². The van der Waals surface area contributed by atoms with E-state index in [1.165, 1.54) is 12.8 Å². The van der Waals surface area contributed by atoms with Crippen molar-refractivity contribution in [2.75, 3.05) is 5.73 Å². The van der Waals surface area contributed by atoms with E-state index in [0.29, 0.717) is 17.2 Å². The molecule has 1 aromatic rings. The molecule has 0 aliphatic heterocycles. The minimum Gasteiger partial charge on any atom is -0.458 e. The molecule has 20 heavy (non-hydrogen) atoms. The van der Waals surface area contributed by atoms with E-state index in [1.54, 1.807) is 6.07 Å². The lowest BCUT2D eigenvalue weighted by Gasteiger charge is -2.30. The number of nitrogens with two attached hydrogens (primary N) is 1. The summed E-state index contributed by atoms with van der Waals surface area (Å²) in [6.07, 6.45) is 5.72. The number of rotatable bonds is 3. The largest absolute Gasteiger partial charge is 0.458 e. The number of nitrogen functional groups attached to an aromatic ring is 1. The molecule has 1 fully saturated rings. The first-order valence-corrected chi connectivity index (χ1v) is 7.60. The molecule has 1 saturated carbocycles. The minimum absolute atomic E-state index is 0.0724. The summed E-state index contributed by atoms with van der Waals surface area (Å²) >= 11 is 0. The zero-order chi connectivity index (χ0) is 14.7. The van der Waals surface area contributed by atoms with Gasteiger partial charge in [-0.05, 0) is 62.6 Å². The molecule has 0 radical (unpaired) electrons. The SMILES string of the molecule is CCC1CCCCC1OC(=O)c1cc(N)c(C)cc1C. The smallest absolute Gasteiger partial charge is 0.338 e. The number of carbonyl (C=O) groups excluding carboxylic acids is 1. The first-order valence-electron chi connectivity index (χ1n) is 7.60. The maximum absolute atomic E-state index is 12.4. The van der Waals surface area contributed by atoms with Crippen LogP contribution in [0.4, 0.5) is 5.69 Å². The normalized spacial score (nSPS) is 22.6. The van der Waals surface area contributed by atoms with Crippen molar-refractivity contribution >= 4 is 11.7 Å². The first kappa shape index (κ1) is 14.9. The molecule has 0 amide bonds. The Labute approximate surface area is 121 Å². The molecule has 2 atom stereocenters. The maximum Gasteiger partial charge on any atom is 0.338 e. The highest BCUT2D eigenvalue weighted by Gasteiger charge is 2.27. The lowest BCUT2D eigenvalue weighted by molar-refractivity contribution is 0.000644. The van der Waals surface area contributed by atoms with Gasteiger partial charge in [-0.3, -0.25) is 0 Å². The average Bonchev–Trinajstić information content (AvgIpc) is 2.43. The molecule has 2 rings (SSSR count). The second-order valence-corrected chi connectivity index (χ2v) is 5.92. The Balaban J connectivity index is 2.13. The van der Waals surface area contributed by atoms with Crippen LogP contribution in [0.2, 0.25) is 0 Å². The summed E-state index contributed by atoms with van der Waals surface area (Å²) < 4.78 is 5.76. The van der Waals surface area contributed by atoms with E-state index in [9.17, 15) is 4.79 Å². The predicted octanol–water partition coefficient (Wildman–Crippen LogP) is 4.01. The first-order chi connectivity index (χ1) is 9.52. The summed E-state index contributed by atoms with van der Waals surface area (Å²) in [4.78, 5) is 12.4. The summed E-state index contributed by atoms with van der Waals surface area (Å²) in [6.45, 7) is 6.05. The molecule has 110 valence electrons. The van der Waals surface area contributed by atoms with E-state index >= 15 is 0 Å². The Morgan fingerprint density at radius 2 is 1.95 bits per heavy atom. The molecular weight excluding hydrogens is 250 g/mol. The van der Waals surface area contributed by atoms with Crippen LogP contribution in [0.1, 0.15) is 60.5 Å². The van der Waals surface area contributed by atoms with E-state index in [4.69, 9.17) is 10.5 Å². The summed E-state index contributed by atoms with van der Waals surface area (Å²) in [5.41, 5.74) is 9.10. The number of hydrogen-bond acceptors (Lipinski definition) is 3. The van der Waals surface area contributed by atoms with Gasteiger partial charge in [0.05, 0.1) is 5.56 Å². The van der Waals surface area contributed by atoms with Gasteiger partial charge in [-0.15, -0.1) is 0 Å². The summed E-state index contributed by atoms with van der Waals surface area (Å²) in [5.74, 6) is 0.287. The molecule has 0 aromatic heterocycles. The number of anilines is 1. The topological polar surface area (TPSA) is 52.3 Å². The van der Waals surface area contributed by atoms with Gasteiger partial charge in [-0.25, -0.2) is 4.79 Å². The minimum atomic E-state index is -0.223. The van der Waals surface area contributed by atoms with Crippen molar-refractivity contribution in [1.29, 1.82) is 0 Å². The highest BCUT2D eigenvalue weighted by Crippen LogP contribution is 2.30. The molecule has 0 bridgehead atoms. The summed E-state index contributed by atoms with van der Waals surface area (Å²) in [5, 5.41) is 0. The Morgan fingerprint density at radius 3 is 2.65 bits per heavy atom. The number of ether oxygens (including phenoxy) is 1. The molecule has 1 aliphatic carbocycles. The highest BCUT2D eigenvalue weighted by atomic mass is 16.5. The molecule has 2 unspecified atom stereocenters. The lowest BCUT2D eigenvalue weighted by atomic mass is 9.84. The monoisotopic (exact) mass is 275 g/mol. The molecule has 0 heterocycles. The maximum atomic E-state index is 12.4. The van der Waals surface area contributed by atoms with Crippen molar-refractivity contribution in [2.45, 2.75) is 59.0 Å². The van der Waals surface area contributed by atoms with Gasteiger partial charge < -0.3 is 10.5 Å². The highest BCUT2D eigenvalue weighted by molar-refractivity contribution is 5.92. The Bertz CT molecular complexity index is 496. The van der Waals surface area contributed by atoms with E-state index in [1.807, 2.05) is 19.9 Å². The van der Waals surface area contributed by atoms with Crippen LogP contribution in [-0.2, 0) is 4.74 Å². The fourth-order valence-electron chi connectivity index (χ4n) is 3.09. The third kappa shape index (κ3) is 3.14. The van der Waals surface area contributed by atoms with Crippen molar-refractivity contribution in [3.05, 3.63) is 28.8 Å². The van der Waals surface area contributed by atoms with Gasteiger partial charge in [0.15, 0.2) is 0 Å². The Morgan fingerprint density at radius 1 is 1.25 bits per heavy atom. The zero-order valence-electron chi connectivity index (χ0n) is 12.7. The van der Waals surface area contributed by atoms with E-state index in [0.717, 1.165) is 30.4 Å². The van der Waals surface area contributed by atoms with Gasteiger partial charge in [-0.1, -0.05) is 19.4 Å². The number of aryl methyl sites for hydroxylation is 2. The molecule has 0 spiro atoms. The second kappa shape index (κ2) is 6.29. The fraction of sp³-hybridized carbons (Fsp3) is 0.588. The van der Waals surface area contributed by atoms with Gasteiger partial charge in [0.2, 0.25) is 0 Å². The van der Waals surface area contributed by atoms with Crippen LogP contribution in [0.15, 0.2) is 12.1 Å². The van der Waals surface area contributed by atoms with Gasteiger partial charge >= 0.3 is 5.97 Å². The molecule has 2 N–H and O–H groups in total. The third-order valence-corrected chi connectivity index (χ3v) is 4.46. The quantitative estimate of drug-likeness (QED) is 0.669. The molecule has 3 heteroatoms. The van der Waals surface area contributed by atoms with Gasteiger partial charge in [0.25, 0.3) is 0 Å². The third-order valence-electron chi connectivity index (χ3n) is 4.46. The molecule has 3 nitrogen and oxygen atoms in total. The summed E-state index contributed by atoms with van der Waals surface area (Å²) in [7, 11) is 0. The van der Waals surface area contributed by atoms with Crippen molar-refractivity contribution in [1.82, 2.24) is 0 Å². The van der Waals surface area contributed by atoms with Crippen LogP contribution in [0.5, 0.6) is 0 Å². The zero-order valence-corrected chi connectivity index (χ0v) is 12.7. The number of carbonyl (C=O) groups is 1. The summed E-state index contributed by atoms with van der Waals surface area (Å²) in [6, 6.07) is 3.70. The van der Waals surface area contributed by atoms with Crippen molar-refractivity contribution in [3.63, 3.8) is 0 Å². The molecule has 1 aromatic carbocycles. The average molecular weight is 275 g/mol. The van der Waals surface area contributed by atoms with Gasteiger partial charge in [-0.2, -0.15) is 0 Å². The number of esters is 1. The van der Waals surface area contributed by atoms with Crippen LogP contribution >= 0.6 is 0 Å². The lowest BCUT2D eigenvalue weighted by Crippen LogP contribution is -2.30. The standard InChI is InChI=1S/C17H25NO2/c1-4-13-7-5-6-8-16(13)20-17(19)14-10-15(18)12(3)9-11(14)2/h9-10,13,16H,4-8,18H2,1-3H3. The Hall–Kier alpha value is -1.51. The predicted molar refractivity (Wildman–Crippen MR) is 81.8 cm³/mol. The molecule has 0 saturated heterocycles. The van der Waals surface area contributed by atoms with Crippen molar-refractivity contribution in [3.8, 4) is 0 Å². The molecular formula is C17H25NO2. The second-order valence-electron chi connectivity index (χ2n) is 5.92. The van der Waals surface area contributed by atoms with E-state index < -0.39 is 0 Å². The van der Waals surface area contributed by atoms with E-state index in [-0.39, 0.29) is 12.1 Å². The Kier molecular flexibility index (Phi) is 4.69. The van der Waals surface area contributed by atoms with E-state index in [2.05, 4.69) is 6.92 Å². The van der Waals surface area contributed by atoms with Crippen LogP contribution in [0.3, 0.4) is 0 Å². The fourth-order valence-corrected chi connectivity index (χ4v) is 3.09. The number of benzene rings is 1. The van der Waals surface area contributed by atoms with Crippen LogP contribution in [0, 0.1) is 19.8 Å². The van der Waals surface area contributed by atoms with Crippen LogP contribution in [0.25, 0.3) is 0 Å². The van der Waals surface area contributed by atoms with Crippen molar-refractivity contribution < 1.29 is 9.53 Å². The van der Waals surface area contributed by atoms with Gasteiger partial charge in [0.1, 0.15) is 6.10 Å². The number of hydrogen-bond donors (Lipinski definition) is 1. The van der Waals surface area contributed by atoms with Crippen LogP contribution in [-0.4, -0.2) is 12.1 Å². The van der Waals surface area contributed by atoms with Crippen LogP contribution < -0.4 is 5.73 Å². The molecule has 1 aliphatic rings. The van der Waals surface area contributed by atoms with Crippen molar-refractivity contribution in [2.24, 2.45) is 5.92 Å².